The van der Waals surface area contributed by atoms with Gasteiger partial charge in [0.2, 0.25) is 5.88 Å². The highest BCUT2D eigenvalue weighted by molar-refractivity contribution is 5.91. The Balaban J connectivity index is 1.87. The van der Waals surface area contributed by atoms with Gasteiger partial charge in [-0.25, -0.2) is 4.99 Å². The summed E-state index contributed by atoms with van der Waals surface area (Å²) < 4.78 is 16.9. The van der Waals surface area contributed by atoms with Crippen molar-refractivity contribution in [3.05, 3.63) is 89.0 Å². The van der Waals surface area contributed by atoms with Crippen LogP contribution in [0, 0.1) is 25.2 Å². The minimum absolute atomic E-state index is 0.251. The number of rotatable bonds is 6. The van der Waals surface area contributed by atoms with Crippen molar-refractivity contribution in [1.29, 1.82) is 5.26 Å². The Morgan fingerprint density at radius 2 is 1.48 bits per heavy atom. The molecule has 0 atom stereocenters. The summed E-state index contributed by atoms with van der Waals surface area (Å²) in [6.07, 6.45) is 1.63. The maximum Gasteiger partial charge on any atom is 0.238 e. The molecule has 33 heavy (non-hydrogen) atoms. The summed E-state index contributed by atoms with van der Waals surface area (Å²) in [6, 6.07) is 23.8. The lowest BCUT2D eigenvalue weighted by atomic mass is 9.97. The van der Waals surface area contributed by atoms with Gasteiger partial charge in [-0.1, -0.05) is 59.7 Å². The number of ether oxygens (including phenoxy) is 2. The third-order valence-electron chi connectivity index (χ3n) is 5.42. The van der Waals surface area contributed by atoms with Crippen molar-refractivity contribution in [3.8, 4) is 40.0 Å². The largest absolute Gasteiger partial charge is 0.497 e. The van der Waals surface area contributed by atoms with E-state index in [1.807, 2.05) is 74.5 Å². The molecule has 3 aromatic carbocycles. The van der Waals surface area contributed by atoms with Crippen LogP contribution in [0.5, 0.6) is 11.5 Å². The normalized spacial score (nSPS) is 10.9. The molecule has 0 aliphatic rings. The van der Waals surface area contributed by atoms with Crippen LogP contribution in [-0.2, 0) is 0 Å². The van der Waals surface area contributed by atoms with Crippen molar-refractivity contribution in [3.63, 3.8) is 0 Å². The lowest BCUT2D eigenvalue weighted by molar-refractivity contribution is 0.394. The van der Waals surface area contributed by atoms with Crippen molar-refractivity contribution in [2.75, 3.05) is 14.2 Å². The van der Waals surface area contributed by atoms with Crippen LogP contribution in [0.3, 0.4) is 0 Å². The van der Waals surface area contributed by atoms with Gasteiger partial charge >= 0.3 is 0 Å². The average Bonchev–Trinajstić information content (AvgIpc) is 3.22. The molecular formula is C28H24N2O3. The molecule has 5 nitrogen and oxygen atoms in total. The van der Waals surface area contributed by atoms with E-state index in [0.29, 0.717) is 22.8 Å². The van der Waals surface area contributed by atoms with Crippen molar-refractivity contribution >= 4 is 12.1 Å². The van der Waals surface area contributed by atoms with Crippen LogP contribution in [0.2, 0.25) is 0 Å². The van der Waals surface area contributed by atoms with Crippen LogP contribution in [0.15, 0.2) is 76.1 Å². The fourth-order valence-corrected chi connectivity index (χ4v) is 3.57. The summed E-state index contributed by atoms with van der Waals surface area (Å²) in [5.41, 5.74) is 5.94. The standard InChI is InChI=1S/C28H24N2O3/c1-18-5-9-20(10-6-18)26-24(16-29)28(33-27(26)21-11-7-19(2)8-12-21)30-17-22-13-14-23(31-3)15-25(22)32-4/h5-15,17H,1-4H3. The summed E-state index contributed by atoms with van der Waals surface area (Å²) in [5.74, 6) is 2.16. The first-order valence-electron chi connectivity index (χ1n) is 10.5. The molecule has 0 saturated carbocycles. The molecule has 4 rings (SSSR count). The molecule has 4 aromatic rings. The molecule has 0 radical (unpaired) electrons. The maximum atomic E-state index is 10.1. The van der Waals surface area contributed by atoms with Crippen LogP contribution in [0.1, 0.15) is 22.3 Å². The van der Waals surface area contributed by atoms with Crippen LogP contribution in [0.4, 0.5) is 5.88 Å². The van der Waals surface area contributed by atoms with E-state index in [1.54, 1.807) is 26.5 Å². The highest BCUT2D eigenvalue weighted by Gasteiger charge is 2.22. The van der Waals surface area contributed by atoms with Crippen LogP contribution >= 0.6 is 0 Å². The Labute approximate surface area is 193 Å². The molecule has 0 unspecified atom stereocenters. The highest BCUT2D eigenvalue weighted by Crippen LogP contribution is 2.42. The third kappa shape index (κ3) is 4.51. The van der Waals surface area contributed by atoms with Gasteiger partial charge < -0.3 is 13.9 Å². The summed E-state index contributed by atoms with van der Waals surface area (Å²) in [4.78, 5) is 4.54. The van der Waals surface area contributed by atoms with Gasteiger partial charge in [0, 0.05) is 29.0 Å². The molecule has 1 heterocycles. The van der Waals surface area contributed by atoms with Gasteiger partial charge in [0.25, 0.3) is 0 Å². The van der Waals surface area contributed by atoms with Gasteiger partial charge in [0.05, 0.1) is 14.2 Å². The number of benzene rings is 3. The van der Waals surface area contributed by atoms with Gasteiger partial charge in [-0.3, -0.25) is 0 Å². The smallest absolute Gasteiger partial charge is 0.238 e. The number of aliphatic imine (C=N–C) groups is 1. The van der Waals surface area contributed by atoms with E-state index < -0.39 is 0 Å². The molecule has 0 saturated heterocycles. The minimum atomic E-state index is 0.251. The van der Waals surface area contributed by atoms with E-state index in [-0.39, 0.29) is 5.88 Å². The Kier molecular flexibility index (Phi) is 6.28. The van der Waals surface area contributed by atoms with Crippen molar-refractivity contribution in [2.24, 2.45) is 4.99 Å². The topological polar surface area (TPSA) is 67.8 Å². The predicted octanol–water partition coefficient (Wildman–Crippen LogP) is 6.87. The second kappa shape index (κ2) is 9.46. The predicted molar refractivity (Wildman–Crippen MR) is 131 cm³/mol. The monoisotopic (exact) mass is 436 g/mol. The highest BCUT2D eigenvalue weighted by atomic mass is 16.5. The Morgan fingerprint density at radius 1 is 0.848 bits per heavy atom. The van der Waals surface area contributed by atoms with E-state index in [9.17, 15) is 5.26 Å². The average molecular weight is 437 g/mol. The first kappa shape index (κ1) is 21.9. The number of nitrogens with zero attached hydrogens (tertiary/aromatic N) is 2. The zero-order chi connectivity index (χ0) is 23.4. The van der Waals surface area contributed by atoms with Crippen LogP contribution in [-0.4, -0.2) is 20.4 Å². The number of methoxy groups -OCH3 is 2. The molecule has 0 bridgehead atoms. The van der Waals surface area contributed by atoms with E-state index in [0.717, 1.165) is 33.4 Å². The number of aryl methyl sites for hydroxylation is 2. The quantitative estimate of drug-likeness (QED) is 0.309. The second-order valence-electron chi connectivity index (χ2n) is 7.70. The number of furan rings is 1. The lowest BCUT2D eigenvalue weighted by Crippen LogP contribution is -1.92. The fraction of sp³-hybridized carbons (Fsp3) is 0.143. The molecular weight excluding hydrogens is 412 g/mol. The van der Waals surface area contributed by atoms with Gasteiger partial charge in [0.15, 0.2) is 0 Å². The maximum absolute atomic E-state index is 10.1. The lowest BCUT2D eigenvalue weighted by Gasteiger charge is -2.06. The molecule has 0 aliphatic heterocycles. The SMILES string of the molecule is COc1ccc(C=Nc2oc(-c3ccc(C)cc3)c(-c3ccc(C)cc3)c2C#N)c(OC)c1. The van der Waals surface area contributed by atoms with Gasteiger partial charge in [-0.15, -0.1) is 0 Å². The Hall–Kier alpha value is -4.30. The minimum Gasteiger partial charge on any atom is -0.497 e. The van der Waals surface area contributed by atoms with Crippen LogP contribution < -0.4 is 9.47 Å². The molecule has 5 heteroatoms. The number of nitriles is 1. The van der Waals surface area contributed by atoms with Crippen molar-refractivity contribution in [1.82, 2.24) is 0 Å². The summed E-state index contributed by atoms with van der Waals surface area (Å²) in [5, 5.41) is 10.1. The zero-order valence-electron chi connectivity index (χ0n) is 19.0. The second-order valence-corrected chi connectivity index (χ2v) is 7.70. The molecule has 0 amide bonds. The molecule has 0 spiro atoms. The van der Waals surface area contributed by atoms with E-state index in [1.165, 1.54) is 0 Å². The van der Waals surface area contributed by atoms with Crippen molar-refractivity contribution < 1.29 is 13.9 Å². The van der Waals surface area contributed by atoms with E-state index >= 15 is 0 Å². The molecule has 0 aliphatic carbocycles. The number of hydrogen-bond donors (Lipinski definition) is 0. The van der Waals surface area contributed by atoms with E-state index in [4.69, 9.17) is 13.9 Å². The van der Waals surface area contributed by atoms with E-state index in [2.05, 4.69) is 11.1 Å². The van der Waals surface area contributed by atoms with Gasteiger partial charge in [-0.2, -0.15) is 5.26 Å². The first-order valence-corrected chi connectivity index (χ1v) is 10.5. The third-order valence-corrected chi connectivity index (χ3v) is 5.42. The van der Waals surface area contributed by atoms with Gasteiger partial charge in [0.1, 0.15) is 28.9 Å². The Morgan fingerprint density at radius 3 is 2.06 bits per heavy atom. The summed E-state index contributed by atoms with van der Waals surface area (Å²) >= 11 is 0. The molecule has 0 N–H and O–H groups in total. The molecule has 164 valence electrons. The zero-order valence-corrected chi connectivity index (χ0v) is 19.0. The number of hydrogen-bond acceptors (Lipinski definition) is 5. The summed E-state index contributed by atoms with van der Waals surface area (Å²) in [7, 11) is 3.19. The van der Waals surface area contributed by atoms with Gasteiger partial charge in [-0.05, 0) is 31.5 Å². The molecule has 1 aromatic heterocycles. The molecule has 0 fully saturated rings. The Bertz CT molecular complexity index is 1340. The summed E-state index contributed by atoms with van der Waals surface area (Å²) in [6.45, 7) is 4.06. The van der Waals surface area contributed by atoms with Crippen molar-refractivity contribution in [2.45, 2.75) is 13.8 Å². The fourth-order valence-electron chi connectivity index (χ4n) is 3.57. The van der Waals surface area contributed by atoms with Crippen LogP contribution in [0.25, 0.3) is 22.5 Å². The first-order chi connectivity index (χ1) is 16.0.